The standard InChI is InChI=1S/C45H78NO10P/c1-3-5-7-9-11-13-15-17-19-20-21-23-25-27-29-31-33-35-37-44(49)54-38-41(47)39-55-57(52,53)56-40-42(45(50)51)46-43(48)36-34-32-30-28-26-24-22-18-16-14-12-10-8-6-4-2/h6,8,12-15,18-20,22,41-42,47H,3-5,7,9-11,16-17,21,23-40H2,1-2H3,(H,46,48)(H,50,51)(H,52,53)/b8-6-,14-12-,15-13-,20-19-,22-18-. The van der Waals surface area contributed by atoms with Crippen molar-refractivity contribution in [1.82, 2.24) is 5.32 Å². The summed E-state index contributed by atoms with van der Waals surface area (Å²) in [5.74, 6) is -2.41. The van der Waals surface area contributed by atoms with Gasteiger partial charge in [0.05, 0.1) is 13.2 Å². The number of phosphoric acid groups is 1. The molecule has 0 aromatic rings. The molecule has 0 radical (unpaired) electrons. The van der Waals surface area contributed by atoms with Crippen LogP contribution in [0.3, 0.4) is 0 Å². The molecule has 12 heteroatoms. The first-order valence-corrected chi connectivity index (χ1v) is 23.3. The van der Waals surface area contributed by atoms with E-state index < -0.39 is 57.6 Å². The number of rotatable bonds is 40. The number of esters is 1. The molecule has 0 heterocycles. The number of hydrogen-bond donors (Lipinski definition) is 4. The summed E-state index contributed by atoms with van der Waals surface area (Å²) in [4.78, 5) is 45.9. The molecule has 0 bridgehead atoms. The first kappa shape index (κ1) is 54.2. The van der Waals surface area contributed by atoms with Crippen molar-refractivity contribution in [2.45, 2.75) is 187 Å². The molecule has 328 valence electrons. The molecule has 0 aromatic carbocycles. The average molecular weight is 824 g/mol. The van der Waals surface area contributed by atoms with Gasteiger partial charge in [0.2, 0.25) is 5.91 Å². The van der Waals surface area contributed by atoms with Crippen LogP contribution in [0, 0.1) is 0 Å². The third-order valence-corrected chi connectivity index (χ3v) is 9.99. The number of aliphatic carboxylic acids is 1. The molecule has 0 saturated heterocycles. The molecule has 57 heavy (non-hydrogen) atoms. The monoisotopic (exact) mass is 824 g/mol. The number of carboxylic acid groups (broad SMARTS) is 1. The maximum absolute atomic E-state index is 12.3. The molecule has 0 aliphatic rings. The second kappa shape index (κ2) is 40.0. The molecule has 0 rings (SSSR count). The number of aliphatic hydroxyl groups is 1. The van der Waals surface area contributed by atoms with Gasteiger partial charge in [-0.1, -0.05) is 145 Å². The van der Waals surface area contributed by atoms with Crippen molar-refractivity contribution in [3.8, 4) is 0 Å². The van der Waals surface area contributed by atoms with Gasteiger partial charge in [-0.25, -0.2) is 9.36 Å². The summed E-state index contributed by atoms with van der Waals surface area (Å²) < 4.78 is 26.8. The molecule has 1 amide bonds. The van der Waals surface area contributed by atoms with Crippen molar-refractivity contribution in [3.05, 3.63) is 60.8 Å². The van der Waals surface area contributed by atoms with E-state index in [9.17, 15) is 34.1 Å². The van der Waals surface area contributed by atoms with E-state index in [2.05, 4.69) is 79.9 Å². The van der Waals surface area contributed by atoms with Crippen LogP contribution >= 0.6 is 7.82 Å². The van der Waals surface area contributed by atoms with E-state index in [1.807, 2.05) is 0 Å². The minimum Gasteiger partial charge on any atom is -0.480 e. The van der Waals surface area contributed by atoms with Gasteiger partial charge in [-0.3, -0.25) is 18.6 Å². The lowest BCUT2D eigenvalue weighted by Gasteiger charge is -2.18. The number of nitrogens with one attached hydrogen (secondary N) is 1. The zero-order valence-corrected chi connectivity index (χ0v) is 36.3. The second-order valence-electron chi connectivity index (χ2n) is 14.5. The Morgan fingerprint density at radius 2 is 1.02 bits per heavy atom. The van der Waals surface area contributed by atoms with E-state index in [-0.39, 0.29) is 12.8 Å². The van der Waals surface area contributed by atoms with Gasteiger partial charge in [0.15, 0.2) is 6.04 Å². The van der Waals surface area contributed by atoms with Crippen LogP contribution in [-0.2, 0) is 32.7 Å². The number of ether oxygens (including phenoxy) is 1. The lowest BCUT2D eigenvalue weighted by molar-refractivity contribution is -0.147. The Hall–Kier alpha value is -2.82. The quantitative estimate of drug-likeness (QED) is 0.0202. The Morgan fingerprint density at radius 1 is 0.579 bits per heavy atom. The molecule has 3 atom stereocenters. The van der Waals surface area contributed by atoms with Crippen LogP contribution in [0.5, 0.6) is 0 Å². The van der Waals surface area contributed by atoms with Crippen LogP contribution < -0.4 is 5.32 Å². The molecule has 0 aliphatic heterocycles. The molecule has 0 fully saturated rings. The van der Waals surface area contributed by atoms with Crippen LogP contribution in [0.1, 0.15) is 174 Å². The number of hydrogen-bond acceptors (Lipinski definition) is 8. The molecule has 11 nitrogen and oxygen atoms in total. The first-order chi connectivity index (χ1) is 27.6. The molecule has 4 N–H and O–H groups in total. The zero-order valence-electron chi connectivity index (χ0n) is 35.4. The number of carbonyl (C=O) groups excluding carboxylic acids is 2. The fourth-order valence-electron chi connectivity index (χ4n) is 5.65. The molecule has 3 unspecified atom stereocenters. The summed E-state index contributed by atoms with van der Waals surface area (Å²) in [5.41, 5.74) is 0. The highest BCUT2D eigenvalue weighted by Gasteiger charge is 2.28. The number of carbonyl (C=O) groups is 3. The maximum atomic E-state index is 12.3. The number of unbranched alkanes of at least 4 members (excludes halogenated alkanes) is 16. The summed E-state index contributed by atoms with van der Waals surface area (Å²) >= 11 is 0. The Bertz CT molecular complexity index is 1200. The molecular formula is C45H78NO10P. The van der Waals surface area contributed by atoms with Gasteiger partial charge in [0, 0.05) is 12.8 Å². The molecule has 0 aliphatic carbocycles. The van der Waals surface area contributed by atoms with E-state index in [1.165, 1.54) is 51.4 Å². The average Bonchev–Trinajstić information content (AvgIpc) is 3.18. The Morgan fingerprint density at radius 3 is 1.53 bits per heavy atom. The highest BCUT2D eigenvalue weighted by Crippen LogP contribution is 2.43. The molecule has 0 saturated carbocycles. The van der Waals surface area contributed by atoms with Crippen molar-refractivity contribution in [3.63, 3.8) is 0 Å². The van der Waals surface area contributed by atoms with Gasteiger partial charge in [-0.2, -0.15) is 0 Å². The van der Waals surface area contributed by atoms with Crippen molar-refractivity contribution in [2.75, 3.05) is 19.8 Å². The summed E-state index contributed by atoms with van der Waals surface area (Å²) in [7, 11) is -4.76. The second-order valence-corrected chi connectivity index (χ2v) is 16.0. The van der Waals surface area contributed by atoms with E-state index in [0.717, 1.165) is 83.5 Å². The number of allylic oxidation sites excluding steroid dienone is 10. The van der Waals surface area contributed by atoms with Crippen molar-refractivity contribution < 1.29 is 47.8 Å². The van der Waals surface area contributed by atoms with Crippen molar-refractivity contribution in [1.29, 1.82) is 0 Å². The predicted octanol–water partition coefficient (Wildman–Crippen LogP) is 11.2. The highest BCUT2D eigenvalue weighted by molar-refractivity contribution is 7.47. The third-order valence-electron chi connectivity index (χ3n) is 9.04. The van der Waals surface area contributed by atoms with Crippen LogP contribution in [0.2, 0.25) is 0 Å². The summed E-state index contributed by atoms with van der Waals surface area (Å²) in [5, 5.41) is 21.8. The van der Waals surface area contributed by atoms with Gasteiger partial charge in [0.25, 0.3) is 0 Å². The van der Waals surface area contributed by atoms with Gasteiger partial charge in [0.1, 0.15) is 12.7 Å². The Balaban J connectivity index is 3.94. The van der Waals surface area contributed by atoms with E-state index >= 15 is 0 Å². The number of amides is 1. The van der Waals surface area contributed by atoms with Crippen LogP contribution in [0.4, 0.5) is 0 Å². The van der Waals surface area contributed by atoms with Crippen molar-refractivity contribution in [2.24, 2.45) is 0 Å². The largest absolute Gasteiger partial charge is 0.480 e. The number of aliphatic hydroxyl groups excluding tert-OH is 1. The van der Waals surface area contributed by atoms with Crippen molar-refractivity contribution >= 4 is 25.7 Å². The molecule has 0 spiro atoms. The lowest BCUT2D eigenvalue weighted by Crippen LogP contribution is -2.43. The number of carboxylic acids is 1. The summed E-state index contributed by atoms with van der Waals surface area (Å²) in [6, 6.07) is -1.56. The van der Waals surface area contributed by atoms with Crippen LogP contribution in [-0.4, -0.2) is 64.9 Å². The van der Waals surface area contributed by atoms with Crippen LogP contribution in [0.15, 0.2) is 60.8 Å². The number of phosphoric ester groups is 1. The minimum atomic E-state index is -4.76. The smallest absolute Gasteiger partial charge is 0.472 e. The molecular weight excluding hydrogens is 745 g/mol. The normalized spacial score (nSPS) is 14.3. The molecule has 0 aromatic heterocycles. The first-order valence-electron chi connectivity index (χ1n) is 21.8. The minimum absolute atomic E-state index is 0.123. The maximum Gasteiger partial charge on any atom is 0.472 e. The third kappa shape index (κ3) is 39.8. The lowest BCUT2D eigenvalue weighted by atomic mass is 10.1. The van der Waals surface area contributed by atoms with Crippen LogP contribution in [0.25, 0.3) is 0 Å². The van der Waals surface area contributed by atoms with Gasteiger partial charge in [-0.15, -0.1) is 0 Å². The Kier molecular flexibility index (Phi) is 38.0. The van der Waals surface area contributed by atoms with Gasteiger partial charge in [-0.05, 0) is 77.0 Å². The fourth-order valence-corrected chi connectivity index (χ4v) is 6.43. The van der Waals surface area contributed by atoms with E-state index in [0.29, 0.717) is 12.8 Å². The van der Waals surface area contributed by atoms with Gasteiger partial charge >= 0.3 is 19.8 Å². The van der Waals surface area contributed by atoms with Gasteiger partial charge < -0.3 is 25.2 Å². The Labute approximate surface area is 345 Å². The summed E-state index contributed by atoms with van der Waals surface area (Å²) in [6.45, 7) is 2.43. The van der Waals surface area contributed by atoms with E-state index in [1.54, 1.807) is 0 Å². The fraction of sp³-hybridized carbons (Fsp3) is 0.711. The predicted molar refractivity (Wildman–Crippen MR) is 231 cm³/mol. The topological polar surface area (TPSA) is 169 Å². The highest BCUT2D eigenvalue weighted by atomic mass is 31.2. The zero-order chi connectivity index (χ0) is 42.1. The summed E-state index contributed by atoms with van der Waals surface area (Å²) in [6.07, 6.45) is 45.3. The SMILES string of the molecule is CC/C=C\C/C=C\C/C=C\CCCCCCCC(=O)NC(COP(=O)(O)OCC(O)COC(=O)CCCCCCCCC/C=C\C/C=C\CCCCCC)C(=O)O. The van der Waals surface area contributed by atoms with E-state index in [4.69, 9.17) is 13.8 Å².